The average molecular weight is 362 g/mol. The fraction of sp³-hybridized carbons (Fsp3) is 0.412. The van der Waals surface area contributed by atoms with E-state index in [1.165, 1.54) is 18.8 Å². The van der Waals surface area contributed by atoms with Gasteiger partial charge in [-0.1, -0.05) is 30.8 Å². The predicted octanol–water partition coefficient (Wildman–Crippen LogP) is 1.32. The van der Waals surface area contributed by atoms with Gasteiger partial charge in [-0.2, -0.15) is 0 Å². The van der Waals surface area contributed by atoms with Crippen molar-refractivity contribution in [2.45, 2.75) is 31.5 Å². The quantitative estimate of drug-likeness (QED) is 0.572. The Balaban J connectivity index is 2.25. The Bertz CT molecular complexity index is 834. The molecule has 2 rings (SSSR count). The van der Waals surface area contributed by atoms with Crippen molar-refractivity contribution in [2.24, 2.45) is 0 Å². The standard InChI is InChI=1S/C17H22N4O3S/c1-4-11(2)21-16(24)12-7-5-6-8-13(12)20-17(21)25-10-15(23)19-9-14(22)18-3/h5-8,11H,4,9-10H2,1-3H3,(H,18,22)(H,19,23)/t11-/m0/s1. The second-order valence-corrected chi connectivity index (χ2v) is 6.53. The molecule has 0 spiro atoms. The van der Waals surface area contributed by atoms with Crippen molar-refractivity contribution >= 4 is 34.5 Å². The molecule has 0 aliphatic carbocycles. The molecule has 1 atom stereocenters. The van der Waals surface area contributed by atoms with Crippen LogP contribution in [0.5, 0.6) is 0 Å². The number of fused-ring (bicyclic) bond motifs is 1. The molecular weight excluding hydrogens is 340 g/mol. The molecule has 2 N–H and O–H groups in total. The van der Waals surface area contributed by atoms with Crippen LogP contribution in [0.15, 0.2) is 34.2 Å². The highest BCUT2D eigenvalue weighted by molar-refractivity contribution is 7.99. The van der Waals surface area contributed by atoms with Crippen LogP contribution >= 0.6 is 11.8 Å². The molecule has 0 saturated carbocycles. The van der Waals surface area contributed by atoms with Crippen LogP contribution in [0.1, 0.15) is 26.3 Å². The van der Waals surface area contributed by atoms with Crippen LogP contribution in [-0.2, 0) is 9.59 Å². The summed E-state index contributed by atoms with van der Waals surface area (Å²) in [6.45, 7) is 3.88. The third kappa shape index (κ3) is 4.60. The van der Waals surface area contributed by atoms with Crippen molar-refractivity contribution in [1.29, 1.82) is 0 Å². The zero-order chi connectivity index (χ0) is 18.4. The number of hydrogen-bond donors (Lipinski definition) is 2. The highest BCUT2D eigenvalue weighted by Gasteiger charge is 2.16. The highest BCUT2D eigenvalue weighted by Crippen LogP contribution is 2.22. The third-order valence-electron chi connectivity index (χ3n) is 3.86. The van der Waals surface area contributed by atoms with Crippen LogP contribution < -0.4 is 16.2 Å². The molecular formula is C17H22N4O3S. The number of likely N-dealkylation sites (N-methyl/N-ethyl adjacent to an activating group) is 1. The Hall–Kier alpha value is -2.35. The van der Waals surface area contributed by atoms with Gasteiger partial charge in [-0.3, -0.25) is 19.0 Å². The largest absolute Gasteiger partial charge is 0.358 e. The maximum atomic E-state index is 12.8. The van der Waals surface area contributed by atoms with Crippen LogP contribution in [0.25, 0.3) is 10.9 Å². The molecule has 25 heavy (non-hydrogen) atoms. The van der Waals surface area contributed by atoms with Crippen molar-refractivity contribution in [3.63, 3.8) is 0 Å². The maximum absolute atomic E-state index is 12.8. The minimum atomic E-state index is -0.285. The summed E-state index contributed by atoms with van der Waals surface area (Å²) in [6, 6.07) is 7.15. The molecule has 1 heterocycles. The number of aromatic nitrogens is 2. The number of carbonyl (C=O) groups is 2. The van der Waals surface area contributed by atoms with E-state index in [9.17, 15) is 14.4 Å². The van der Waals surface area contributed by atoms with Gasteiger partial charge in [0.05, 0.1) is 23.2 Å². The number of thioether (sulfide) groups is 1. The van der Waals surface area contributed by atoms with Crippen molar-refractivity contribution in [3.8, 4) is 0 Å². The lowest BCUT2D eigenvalue weighted by molar-refractivity contribution is -0.124. The van der Waals surface area contributed by atoms with Crippen LogP contribution in [0.2, 0.25) is 0 Å². The van der Waals surface area contributed by atoms with Gasteiger partial charge < -0.3 is 10.6 Å². The third-order valence-corrected chi connectivity index (χ3v) is 4.82. The summed E-state index contributed by atoms with van der Waals surface area (Å²) >= 11 is 1.20. The molecule has 2 aromatic rings. The summed E-state index contributed by atoms with van der Waals surface area (Å²) < 4.78 is 1.64. The number of nitrogens with one attached hydrogen (secondary N) is 2. The first-order valence-electron chi connectivity index (χ1n) is 8.09. The summed E-state index contributed by atoms with van der Waals surface area (Å²) in [6.07, 6.45) is 0.774. The van der Waals surface area contributed by atoms with Crippen LogP contribution in [0, 0.1) is 0 Å². The first-order valence-corrected chi connectivity index (χ1v) is 9.07. The van der Waals surface area contributed by atoms with Crippen molar-refractivity contribution in [1.82, 2.24) is 20.2 Å². The summed E-state index contributed by atoms with van der Waals surface area (Å²) in [4.78, 5) is 40.4. The van der Waals surface area contributed by atoms with Crippen molar-refractivity contribution in [3.05, 3.63) is 34.6 Å². The van der Waals surface area contributed by atoms with Gasteiger partial charge in [-0.05, 0) is 25.5 Å². The van der Waals surface area contributed by atoms with E-state index in [4.69, 9.17) is 0 Å². The van der Waals surface area contributed by atoms with Crippen LogP contribution in [-0.4, -0.2) is 40.7 Å². The summed E-state index contributed by atoms with van der Waals surface area (Å²) in [5.41, 5.74) is 0.508. The fourth-order valence-electron chi connectivity index (χ4n) is 2.25. The summed E-state index contributed by atoms with van der Waals surface area (Å²) in [5.74, 6) is -0.469. The van der Waals surface area contributed by atoms with E-state index in [0.717, 1.165) is 6.42 Å². The molecule has 0 aliphatic rings. The van der Waals surface area contributed by atoms with Crippen molar-refractivity contribution < 1.29 is 9.59 Å². The predicted molar refractivity (Wildman–Crippen MR) is 98.8 cm³/mol. The lowest BCUT2D eigenvalue weighted by atomic mass is 10.2. The Kier molecular flexibility index (Phi) is 6.58. The minimum absolute atomic E-state index is 0.0268. The number of nitrogens with zero attached hydrogens (tertiary/aromatic N) is 2. The normalized spacial score (nSPS) is 12.0. The van der Waals surface area contributed by atoms with Gasteiger partial charge in [-0.15, -0.1) is 0 Å². The van der Waals surface area contributed by atoms with E-state index in [2.05, 4.69) is 15.6 Å². The van der Waals surface area contributed by atoms with Gasteiger partial charge in [0.15, 0.2) is 5.16 Å². The number of carbonyl (C=O) groups excluding carboxylic acids is 2. The monoisotopic (exact) mass is 362 g/mol. The molecule has 0 radical (unpaired) electrons. The van der Waals surface area contributed by atoms with E-state index in [-0.39, 0.29) is 35.7 Å². The van der Waals surface area contributed by atoms with Gasteiger partial charge in [-0.25, -0.2) is 4.98 Å². The SMILES string of the molecule is CC[C@H](C)n1c(SCC(=O)NCC(=O)NC)nc2ccccc2c1=O. The number of para-hydroxylation sites is 1. The topological polar surface area (TPSA) is 93.1 Å². The smallest absolute Gasteiger partial charge is 0.262 e. The van der Waals surface area contributed by atoms with E-state index < -0.39 is 0 Å². The first kappa shape index (κ1) is 19.0. The lowest BCUT2D eigenvalue weighted by Gasteiger charge is -2.18. The van der Waals surface area contributed by atoms with Gasteiger partial charge in [0, 0.05) is 13.1 Å². The average Bonchev–Trinajstić information content (AvgIpc) is 2.63. The number of benzene rings is 1. The molecule has 0 unspecified atom stereocenters. The molecule has 0 aliphatic heterocycles. The summed E-state index contributed by atoms with van der Waals surface area (Å²) in [5, 5.41) is 6.04. The first-order chi connectivity index (χ1) is 12.0. The molecule has 0 fully saturated rings. The zero-order valence-electron chi connectivity index (χ0n) is 14.5. The van der Waals surface area contributed by atoms with Gasteiger partial charge in [0.25, 0.3) is 5.56 Å². The van der Waals surface area contributed by atoms with E-state index >= 15 is 0 Å². The number of hydrogen-bond acceptors (Lipinski definition) is 5. The van der Waals surface area contributed by atoms with Gasteiger partial charge in [0.2, 0.25) is 11.8 Å². The van der Waals surface area contributed by atoms with Crippen LogP contribution in [0.3, 0.4) is 0 Å². The fourth-order valence-corrected chi connectivity index (χ4v) is 3.17. The van der Waals surface area contributed by atoms with Gasteiger partial charge in [0.1, 0.15) is 0 Å². The van der Waals surface area contributed by atoms with E-state index in [1.807, 2.05) is 26.0 Å². The molecule has 2 amide bonds. The molecule has 0 bridgehead atoms. The van der Waals surface area contributed by atoms with Crippen LogP contribution in [0.4, 0.5) is 0 Å². The molecule has 1 aromatic heterocycles. The highest BCUT2D eigenvalue weighted by atomic mass is 32.2. The van der Waals surface area contributed by atoms with Gasteiger partial charge >= 0.3 is 0 Å². The second kappa shape index (κ2) is 8.66. The Morgan fingerprint density at radius 2 is 2.00 bits per heavy atom. The Labute approximate surface area is 150 Å². The number of amides is 2. The summed E-state index contributed by atoms with van der Waals surface area (Å²) in [7, 11) is 1.51. The molecule has 7 nitrogen and oxygen atoms in total. The van der Waals surface area contributed by atoms with E-state index in [1.54, 1.807) is 16.7 Å². The molecule has 134 valence electrons. The minimum Gasteiger partial charge on any atom is -0.358 e. The second-order valence-electron chi connectivity index (χ2n) is 5.58. The number of rotatable bonds is 7. The molecule has 8 heteroatoms. The van der Waals surface area contributed by atoms with Crippen molar-refractivity contribution in [2.75, 3.05) is 19.3 Å². The molecule has 0 saturated heterocycles. The van der Waals surface area contributed by atoms with E-state index in [0.29, 0.717) is 16.1 Å². The zero-order valence-corrected chi connectivity index (χ0v) is 15.4. The Morgan fingerprint density at radius 1 is 1.28 bits per heavy atom. The lowest BCUT2D eigenvalue weighted by Crippen LogP contribution is -2.36. The maximum Gasteiger partial charge on any atom is 0.262 e. The molecule has 1 aromatic carbocycles. The Morgan fingerprint density at radius 3 is 2.68 bits per heavy atom.